The van der Waals surface area contributed by atoms with Gasteiger partial charge in [-0.2, -0.15) is 11.8 Å². The zero-order chi connectivity index (χ0) is 16.0. The SMILES string of the molecule is CC(C)(C)OC(=O)[C@H]1CCCN1C(=O)CCSCC(N)=O. The Balaban J connectivity index is 2.46. The van der Waals surface area contributed by atoms with E-state index in [0.717, 1.165) is 6.42 Å². The fourth-order valence-electron chi connectivity index (χ4n) is 2.16. The number of amides is 2. The summed E-state index contributed by atoms with van der Waals surface area (Å²) in [5.41, 5.74) is 4.49. The minimum Gasteiger partial charge on any atom is -0.458 e. The predicted molar refractivity (Wildman–Crippen MR) is 81.7 cm³/mol. The zero-order valence-electron chi connectivity index (χ0n) is 12.9. The summed E-state index contributed by atoms with van der Waals surface area (Å²) in [6, 6.07) is -0.474. The second-order valence-corrected chi connectivity index (χ2v) is 7.15. The molecule has 1 rings (SSSR count). The van der Waals surface area contributed by atoms with Gasteiger partial charge in [-0.25, -0.2) is 4.79 Å². The third kappa shape index (κ3) is 6.37. The van der Waals surface area contributed by atoms with E-state index < -0.39 is 11.6 Å². The standard InChI is InChI=1S/C14H24N2O4S/c1-14(2,3)20-13(19)10-5-4-7-16(10)12(18)6-8-21-9-11(15)17/h10H,4-9H2,1-3H3,(H2,15,17)/t10-/m1/s1. The maximum atomic E-state index is 12.2. The lowest BCUT2D eigenvalue weighted by Gasteiger charge is -2.27. The quantitative estimate of drug-likeness (QED) is 0.581. The van der Waals surface area contributed by atoms with Gasteiger partial charge in [0, 0.05) is 18.7 Å². The average Bonchev–Trinajstić information content (AvgIpc) is 2.81. The summed E-state index contributed by atoms with van der Waals surface area (Å²) in [7, 11) is 0. The van der Waals surface area contributed by atoms with Gasteiger partial charge in [0.05, 0.1) is 5.75 Å². The second kappa shape index (κ2) is 7.68. The first-order valence-corrected chi connectivity index (χ1v) is 8.24. The predicted octanol–water partition coefficient (Wildman–Crippen LogP) is 0.928. The van der Waals surface area contributed by atoms with Crippen LogP contribution in [0.3, 0.4) is 0 Å². The van der Waals surface area contributed by atoms with E-state index in [1.807, 2.05) is 20.8 Å². The molecule has 6 nitrogen and oxygen atoms in total. The van der Waals surface area contributed by atoms with Crippen molar-refractivity contribution in [2.45, 2.75) is 51.7 Å². The summed E-state index contributed by atoms with van der Waals surface area (Å²) in [4.78, 5) is 36.5. The summed E-state index contributed by atoms with van der Waals surface area (Å²) >= 11 is 1.33. The normalized spacial score (nSPS) is 18.6. The van der Waals surface area contributed by atoms with Gasteiger partial charge < -0.3 is 15.4 Å². The lowest BCUT2D eigenvalue weighted by Crippen LogP contribution is -2.43. The van der Waals surface area contributed by atoms with Crippen LogP contribution >= 0.6 is 11.8 Å². The number of thioether (sulfide) groups is 1. The van der Waals surface area contributed by atoms with Crippen molar-refractivity contribution < 1.29 is 19.1 Å². The molecular weight excluding hydrogens is 292 g/mol. The first-order valence-electron chi connectivity index (χ1n) is 7.09. The van der Waals surface area contributed by atoms with Crippen molar-refractivity contribution in [3.8, 4) is 0 Å². The van der Waals surface area contributed by atoms with Crippen molar-refractivity contribution >= 4 is 29.5 Å². The highest BCUT2D eigenvalue weighted by Crippen LogP contribution is 2.22. The first-order chi connectivity index (χ1) is 9.70. The molecule has 7 heteroatoms. The number of likely N-dealkylation sites (tertiary alicyclic amines) is 1. The molecule has 1 saturated heterocycles. The molecule has 0 aromatic heterocycles. The summed E-state index contributed by atoms with van der Waals surface area (Å²) in [6.45, 7) is 6.02. The Morgan fingerprint density at radius 2 is 2.00 bits per heavy atom. The lowest BCUT2D eigenvalue weighted by atomic mass is 10.1. The molecule has 2 N–H and O–H groups in total. The van der Waals surface area contributed by atoms with Gasteiger partial charge in [-0.15, -0.1) is 0 Å². The number of nitrogens with zero attached hydrogens (tertiary/aromatic N) is 1. The lowest BCUT2D eigenvalue weighted by molar-refractivity contribution is -0.163. The van der Waals surface area contributed by atoms with Crippen molar-refractivity contribution in [3.05, 3.63) is 0 Å². The van der Waals surface area contributed by atoms with E-state index in [1.54, 1.807) is 4.90 Å². The van der Waals surface area contributed by atoms with Gasteiger partial charge in [0.15, 0.2) is 0 Å². The molecule has 1 fully saturated rings. The molecule has 0 aromatic rings. The molecule has 2 amide bonds. The Hall–Kier alpha value is -1.24. The third-order valence-electron chi connectivity index (χ3n) is 2.96. The molecule has 21 heavy (non-hydrogen) atoms. The topological polar surface area (TPSA) is 89.7 Å². The highest BCUT2D eigenvalue weighted by molar-refractivity contribution is 7.99. The number of hydrogen-bond donors (Lipinski definition) is 1. The summed E-state index contributed by atoms with van der Waals surface area (Å²) in [6.07, 6.45) is 1.76. The molecular formula is C14H24N2O4S. The number of esters is 1. The van der Waals surface area contributed by atoms with Crippen LogP contribution in [0.5, 0.6) is 0 Å². The number of primary amides is 1. The van der Waals surface area contributed by atoms with E-state index in [4.69, 9.17) is 10.5 Å². The highest BCUT2D eigenvalue weighted by atomic mass is 32.2. The van der Waals surface area contributed by atoms with Gasteiger partial charge in [-0.1, -0.05) is 0 Å². The Labute approximate surface area is 129 Å². The summed E-state index contributed by atoms with van der Waals surface area (Å²) < 4.78 is 5.36. The van der Waals surface area contributed by atoms with Crippen molar-refractivity contribution in [1.82, 2.24) is 4.90 Å². The number of rotatable bonds is 6. The van der Waals surface area contributed by atoms with Gasteiger partial charge >= 0.3 is 5.97 Å². The smallest absolute Gasteiger partial charge is 0.329 e. The van der Waals surface area contributed by atoms with E-state index in [9.17, 15) is 14.4 Å². The van der Waals surface area contributed by atoms with E-state index >= 15 is 0 Å². The largest absolute Gasteiger partial charge is 0.458 e. The van der Waals surface area contributed by atoms with Gasteiger partial charge in [-0.3, -0.25) is 9.59 Å². The second-order valence-electron chi connectivity index (χ2n) is 6.05. The number of carbonyl (C=O) groups excluding carboxylic acids is 3. The Bertz CT molecular complexity index is 406. The number of ether oxygens (including phenoxy) is 1. The molecule has 0 saturated carbocycles. The van der Waals surface area contributed by atoms with Gasteiger partial charge in [0.2, 0.25) is 11.8 Å². The monoisotopic (exact) mass is 316 g/mol. The molecule has 0 spiro atoms. The number of hydrogen-bond acceptors (Lipinski definition) is 5. The number of carbonyl (C=O) groups is 3. The van der Waals surface area contributed by atoms with E-state index in [1.165, 1.54) is 11.8 Å². The fourth-order valence-corrected chi connectivity index (χ4v) is 2.82. The van der Waals surface area contributed by atoms with Gasteiger partial charge in [0.1, 0.15) is 11.6 Å². The van der Waals surface area contributed by atoms with Crippen LogP contribution in [-0.4, -0.2) is 52.4 Å². The molecule has 1 atom stereocenters. The van der Waals surface area contributed by atoms with Gasteiger partial charge in [-0.05, 0) is 33.6 Å². The Morgan fingerprint density at radius 3 is 2.57 bits per heavy atom. The fraction of sp³-hybridized carbons (Fsp3) is 0.786. The Kier molecular flexibility index (Phi) is 6.51. The summed E-state index contributed by atoms with van der Waals surface area (Å²) in [5, 5.41) is 0. The van der Waals surface area contributed by atoms with Crippen molar-refractivity contribution in [2.24, 2.45) is 5.73 Å². The third-order valence-corrected chi connectivity index (χ3v) is 3.94. The first kappa shape index (κ1) is 17.8. The van der Waals surface area contributed by atoms with Crippen molar-refractivity contribution in [3.63, 3.8) is 0 Å². The van der Waals surface area contributed by atoms with Gasteiger partial charge in [0.25, 0.3) is 0 Å². The molecule has 0 aliphatic carbocycles. The maximum Gasteiger partial charge on any atom is 0.329 e. The van der Waals surface area contributed by atoms with Crippen molar-refractivity contribution in [2.75, 3.05) is 18.1 Å². The van der Waals surface area contributed by atoms with Crippen LogP contribution < -0.4 is 5.73 Å². The van der Waals surface area contributed by atoms with Crippen LogP contribution in [0.25, 0.3) is 0 Å². The van der Waals surface area contributed by atoms with Crippen LogP contribution in [-0.2, 0) is 19.1 Å². The van der Waals surface area contributed by atoms with Crippen molar-refractivity contribution in [1.29, 1.82) is 0 Å². The molecule has 0 bridgehead atoms. The minimum atomic E-state index is -0.550. The van der Waals surface area contributed by atoms with E-state index in [-0.39, 0.29) is 23.5 Å². The zero-order valence-corrected chi connectivity index (χ0v) is 13.7. The van der Waals surface area contributed by atoms with Crippen LogP contribution in [0.4, 0.5) is 0 Å². The van der Waals surface area contributed by atoms with E-state index in [2.05, 4.69) is 0 Å². The molecule has 1 aliphatic heterocycles. The van der Waals surface area contributed by atoms with Crippen LogP contribution in [0.1, 0.15) is 40.0 Å². The van der Waals surface area contributed by atoms with E-state index in [0.29, 0.717) is 25.1 Å². The Morgan fingerprint density at radius 1 is 1.33 bits per heavy atom. The minimum absolute atomic E-state index is 0.0691. The van der Waals surface area contributed by atoms with Crippen LogP contribution in [0, 0.1) is 0 Å². The molecule has 0 aromatic carbocycles. The maximum absolute atomic E-state index is 12.2. The summed E-state index contributed by atoms with van der Waals surface area (Å²) in [5.74, 6) is -0.0547. The molecule has 0 radical (unpaired) electrons. The molecule has 0 unspecified atom stereocenters. The highest BCUT2D eigenvalue weighted by Gasteiger charge is 2.36. The van der Waals surface area contributed by atoms with Crippen LogP contribution in [0.15, 0.2) is 0 Å². The number of nitrogens with two attached hydrogens (primary N) is 1. The van der Waals surface area contributed by atoms with Crippen LogP contribution in [0.2, 0.25) is 0 Å². The average molecular weight is 316 g/mol. The molecule has 1 heterocycles. The molecule has 1 aliphatic rings. The molecule has 120 valence electrons.